The van der Waals surface area contributed by atoms with Crippen molar-refractivity contribution >= 4 is 17.8 Å². The van der Waals surface area contributed by atoms with Crippen molar-refractivity contribution in [3.63, 3.8) is 0 Å². The summed E-state index contributed by atoms with van der Waals surface area (Å²) in [5.41, 5.74) is 2.00. The van der Waals surface area contributed by atoms with Crippen molar-refractivity contribution in [3.05, 3.63) is 24.3 Å². The molecule has 2 unspecified atom stereocenters. The summed E-state index contributed by atoms with van der Waals surface area (Å²) in [5, 5.41) is 3.37. The van der Waals surface area contributed by atoms with Crippen LogP contribution in [0.15, 0.2) is 24.3 Å². The molecule has 0 radical (unpaired) electrons. The number of rotatable bonds is 1. The van der Waals surface area contributed by atoms with Crippen LogP contribution in [0.3, 0.4) is 0 Å². The molecule has 0 spiro atoms. The quantitative estimate of drug-likeness (QED) is 0.685. The summed E-state index contributed by atoms with van der Waals surface area (Å²) < 4.78 is 0. The molecule has 0 fully saturated rings. The van der Waals surface area contributed by atoms with Crippen LogP contribution in [-0.2, 0) is 4.79 Å². The van der Waals surface area contributed by atoms with Crippen molar-refractivity contribution in [3.8, 4) is 0 Å². The highest BCUT2D eigenvalue weighted by Crippen LogP contribution is 2.32. The van der Waals surface area contributed by atoms with Crippen LogP contribution in [0, 0.1) is 0 Å². The average Bonchev–Trinajstić information content (AvgIpc) is 2.20. The predicted molar refractivity (Wildman–Crippen MR) is 57.5 cm³/mol. The molecule has 2 atom stereocenters. The minimum atomic E-state index is 0.197. The molecule has 14 heavy (non-hydrogen) atoms. The zero-order chi connectivity index (χ0) is 10.1. The number of amides is 1. The Labute approximate surface area is 83.7 Å². The summed E-state index contributed by atoms with van der Waals surface area (Å²) in [4.78, 5) is 12.8. The molecule has 74 valence electrons. The fourth-order valence-electron chi connectivity index (χ4n) is 1.80. The van der Waals surface area contributed by atoms with E-state index in [2.05, 4.69) is 12.2 Å². The van der Waals surface area contributed by atoms with Crippen LogP contribution in [0.1, 0.15) is 13.8 Å². The Kier molecular flexibility index (Phi) is 2.15. The lowest BCUT2D eigenvalue weighted by atomic mass is 10.0. The number of anilines is 2. The number of para-hydroxylation sites is 2. The Morgan fingerprint density at radius 2 is 2.07 bits per heavy atom. The Bertz CT molecular complexity index is 351. The van der Waals surface area contributed by atoms with Crippen molar-refractivity contribution in [2.24, 2.45) is 0 Å². The topological polar surface area (TPSA) is 32.3 Å². The third-order valence-corrected chi connectivity index (χ3v) is 2.84. The molecule has 1 heterocycles. The first-order valence-electron chi connectivity index (χ1n) is 4.83. The highest BCUT2D eigenvalue weighted by molar-refractivity contribution is 5.86. The third-order valence-electron chi connectivity index (χ3n) is 2.84. The van der Waals surface area contributed by atoms with Gasteiger partial charge in [0.05, 0.1) is 17.4 Å². The Balaban J connectivity index is 2.47. The minimum absolute atomic E-state index is 0.197. The summed E-state index contributed by atoms with van der Waals surface area (Å²) >= 11 is 0. The van der Waals surface area contributed by atoms with E-state index in [9.17, 15) is 4.79 Å². The molecule has 1 aromatic rings. The van der Waals surface area contributed by atoms with E-state index in [1.165, 1.54) is 0 Å². The first-order valence-corrected chi connectivity index (χ1v) is 4.83. The van der Waals surface area contributed by atoms with Gasteiger partial charge in [0.15, 0.2) is 0 Å². The predicted octanol–water partition coefficient (Wildman–Crippen LogP) is 1.85. The fourth-order valence-corrected chi connectivity index (χ4v) is 1.80. The molecule has 0 saturated heterocycles. The number of carbonyl (C=O) groups is 1. The van der Waals surface area contributed by atoms with E-state index in [0.717, 1.165) is 17.8 Å². The maximum Gasteiger partial charge on any atom is 0.214 e. The molecule has 0 saturated carbocycles. The van der Waals surface area contributed by atoms with Gasteiger partial charge in [-0.15, -0.1) is 0 Å². The lowest BCUT2D eigenvalue weighted by molar-refractivity contribution is -0.107. The van der Waals surface area contributed by atoms with Gasteiger partial charge in [0.2, 0.25) is 6.41 Å². The summed E-state index contributed by atoms with van der Waals surface area (Å²) in [6.07, 6.45) is 0.904. The molecule has 1 aliphatic rings. The van der Waals surface area contributed by atoms with Gasteiger partial charge in [-0.25, -0.2) is 0 Å². The Morgan fingerprint density at radius 3 is 2.79 bits per heavy atom. The van der Waals surface area contributed by atoms with Crippen LogP contribution in [-0.4, -0.2) is 18.5 Å². The van der Waals surface area contributed by atoms with Gasteiger partial charge in [-0.3, -0.25) is 4.79 Å². The van der Waals surface area contributed by atoms with Gasteiger partial charge < -0.3 is 10.2 Å². The van der Waals surface area contributed by atoms with E-state index in [4.69, 9.17) is 0 Å². The van der Waals surface area contributed by atoms with Gasteiger partial charge in [-0.05, 0) is 26.0 Å². The van der Waals surface area contributed by atoms with E-state index in [1.54, 1.807) is 4.90 Å². The van der Waals surface area contributed by atoms with Crippen molar-refractivity contribution in [1.29, 1.82) is 0 Å². The second kappa shape index (κ2) is 3.33. The van der Waals surface area contributed by atoms with Gasteiger partial charge in [-0.2, -0.15) is 0 Å². The van der Waals surface area contributed by atoms with Crippen LogP contribution in [0.4, 0.5) is 11.4 Å². The van der Waals surface area contributed by atoms with Crippen LogP contribution < -0.4 is 10.2 Å². The molecule has 0 bridgehead atoms. The lowest BCUT2D eigenvalue weighted by Crippen LogP contribution is -2.47. The summed E-state index contributed by atoms with van der Waals surface area (Å²) in [6.45, 7) is 4.12. The van der Waals surface area contributed by atoms with Gasteiger partial charge in [0, 0.05) is 6.04 Å². The largest absolute Gasteiger partial charge is 0.379 e. The number of carbonyl (C=O) groups excluding carboxylic acids is 1. The van der Waals surface area contributed by atoms with Crippen molar-refractivity contribution in [2.75, 3.05) is 10.2 Å². The molecule has 0 aromatic heterocycles. The molecule has 0 aliphatic carbocycles. The number of fused-ring (bicyclic) bond motifs is 1. The monoisotopic (exact) mass is 190 g/mol. The maximum atomic E-state index is 11.0. The second-order valence-corrected chi connectivity index (χ2v) is 3.70. The summed E-state index contributed by atoms with van der Waals surface area (Å²) in [7, 11) is 0. The molecule has 1 aromatic carbocycles. The van der Waals surface area contributed by atoms with Crippen LogP contribution in [0.5, 0.6) is 0 Å². The zero-order valence-corrected chi connectivity index (χ0v) is 8.40. The second-order valence-electron chi connectivity index (χ2n) is 3.70. The highest BCUT2D eigenvalue weighted by Gasteiger charge is 2.27. The van der Waals surface area contributed by atoms with E-state index >= 15 is 0 Å². The Morgan fingerprint density at radius 1 is 1.36 bits per heavy atom. The molecule has 3 nitrogen and oxygen atoms in total. The number of nitrogens with zero attached hydrogens (tertiary/aromatic N) is 1. The third kappa shape index (κ3) is 1.25. The molecular formula is C11H14N2O. The lowest BCUT2D eigenvalue weighted by Gasteiger charge is -2.37. The van der Waals surface area contributed by atoms with Crippen LogP contribution in [0.2, 0.25) is 0 Å². The number of hydrogen-bond donors (Lipinski definition) is 1. The summed E-state index contributed by atoms with van der Waals surface area (Å²) in [5.74, 6) is 0. The molecular weight excluding hydrogens is 176 g/mol. The van der Waals surface area contributed by atoms with Gasteiger partial charge in [0.1, 0.15) is 0 Å². The van der Waals surface area contributed by atoms with E-state index in [-0.39, 0.29) is 12.1 Å². The van der Waals surface area contributed by atoms with Crippen molar-refractivity contribution in [1.82, 2.24) is 0 Å². The van der Waals surface area contributed by atoms with E-state index in [0.29, 0.717) is 0 Å². The van der Waals surface area contributed by atoms with Crippen LogP contribution in [0.25, 0.3) is 0 Å². The normalized spacial score (nSPS) is 25.1. The molecule has 1 amide bonds. The fraction of sp³-hybridized carbons (Fsp3) is 0.364. The van der Waals surface area contributed by atoms with Gasteiger partial charge in [-0.1, -0.05) is 12.1 Å². The first kappa shape index (κ1) is 9.06. The number of benzene rings is 1. The highest BCUT2D eigenvalue weighted by atomic mass is 16.1. The van der Waals surface area contributed by atoms with Crippen molar-refractivity contribution < 1.29 is 4.79 Å². The zero-order valence-electron chi connectivity index (χ0n) is 8.40. The number of nitrogens with one attached hydrogen (secondary N) is 1. The molecule has 3 heteroatoms. The van der Waals surface area contributed by atoms with Gasteiger partial charge >= 0.3 is 0 Å². The van der Waals surface area contributed by atoms with Crippen LogP contribution >= 0.6 is 0 Å². The SMILES string of the molecule is CC1Nc2ccccc2N(C=O)C1C. The standard InChI is InChI=1S/C11H14N2O/c1-8-9(2)13(7-14)11-6-4-3-5-10(11)12-8/h3-9,12H,1-2H3. The van der Waals surface area contributed by atoms with Crippen molar-refractivity contribution in [2.45, 2.75) is 25.9 Å². The molecule has 2 rings (SSSR count). The molecule has 1 aliphatic heterocycles. The smallest absolute Gasteiger partial charge is 0.214 e. The maximum absolute atomic E-state index is 11.0. The first-order chi connectivity index (χ1) is 6.74. The molecule has 1 N–H and O–H groups in total. The summed E-state index contributed by atoms with van der Waals surface area (Å²) in [6, 6.07) is 8.35. The minimum Gasteiger partial charge on any atom is -0.379 e. The number of hydrogen-bond acceptors (Lipinski definition) is 2. The van der Waals surface area contributed by atoms with Gasteiger partial charge in [0.25, 0.3) is 0 Å². The average molecular weight is 190 g/mol. The van der Waals surface area contributed by atoms with E-state index in [1.807, 2.05) is 31.2 Å². The Hall–Kier alpha value is -1.51. The van der Waals surface area contributed by atoms with E-state index < -0.39 is 0 Å².